The summed E-state index contributed by atoms with van der Waals surface area (Å²) < 4.78 is 23.5. The second-order valence-electron chi connectivity index (χ2n) is 4.30. The number of hydrogen-bond acceptors (Lipinski definition) is 4. The average Bonchev–Trinajstić information content (AvgIpc) is 2.83. The standard InChI is InChI=1S/C14H19BrO4/c1-4-16-11-8-10(14(3)18-6-7-19-14)9-12(13(11)15)17-5-2/h8-9H,4-7H2,1-3H3. The summed E-state index contributed by atoms with van der Waals surface area (Å²) in [6.07, 6.45) is 0. The van der Waals surface area contributed by atoms with Crippen LogP contribution in [0.1, 0.15) is 26.3 Å². The number of hydrogen-bond donors (Lipinski definition) is 0. The van der Waals surface area contributed by atoms with Crippen molar-refractivity contribution in [2.75, 3.05) is 26.4 Å². The van der Waals surface area contributed by atoms with Gasteiger partial charge in [0.1, 0.15) is 16.0 Å². The molecule has 0 aromatic heterocycles. The van der Waals surface area contributed by atoms with E-state index in [1.54, 1.807) is 0 Å². The number of rotatable bonds is 5. The lowest BCUT2D eigenvalue weighted by atomic mass is 10.1. The van der Waals surface area contributed by atoms with Crippen LogP contribution in [0.25, 0.3) is 0 Å². The van der Waals surface area contributed by atoms with Crippen LogP contribution in [0.5, 0.6) is 11.5 Å². The Kier molecular flexibility index (Phi) is 4.71. The Morgan fingerprint density at radius 2 is 1.58 bits per heavy atom. The highest BCUT2D eigenvalue weighted by atomic mass is 79.9. The maximum atomic E-state index is 5.68. The lowest BCUT2D eigenvalue weighted by Crippen LogP contribution is -2.22. The maximum Gasteiger partial charge on any atom is 0.192 e. The second kappa shape index (κ2) is 6.11. The first-order valence-electron chi connectivity index (χ1n) is 6.48. The third kappa shape index (κ3) is 3.04. The largest absolute Gasteiger partial charge is 0.493 e. The zero-order valence-corrected chi connectivity index (χ0v) is 13.1. The average molecular weight is 331 g/mol. The van der Waals surface area contributed by atoms with Gasteiger partial charge < -0.3 is 18.9 Å². The van der Waals surface area contributed by atoms with Gasteiger partial charge in [-0.15, -0.1) is 0 Å². The van der Waals surface area contributed by atoms with Crippen LogP contribution in [0.3, 0.4) is 0 Å². The Hall–Kier alpha value is -0.780. The van der Waals surface area contributed by atoms with Gasteiger partial charge in [0.25, 0.3) is 0 Å². The quantitative estimate of drug-likeness (QED) is 0.828. The minimum Gasteiger partial charge on any atom is -0.493 e. The predicted octanol–water partition coefficient (Wildman–Crippen LogP) is 3.47. The third-order valence-electron chi connectivity index (χ3n) is 2.97. The van der Waals surface area contributed by atoms with E-state index in [1.807, 2.05) is 32.9 Å². The lowest BCUT2D eigenvalue weighted by molar-refractivity contribution is -0.149. The molecule has 106 valence electrons. The molecule has 1 aliphatic rings. The molecule has 0 saturated carbocycles. The molecule has 5 heteroatoms. The SMILES string of the molecule is CCOc1cc(C2(C)OCCO2)cc(OCC)c1Br. The molecule has 1 aromatic carbocycles. The van der Waals surface area contributed by atoms with E-state index in [1.165, 1.54) is 0 Å². The van der Waals surface area contributed by atoms with Crippen molar-refractivity contribution in [3.05, 3.63) is 22.2 Å². The van der Waals surface area contributed by atoms with Gasteiger partial charge in [0.05, 0.1) is 26.4 Å². The summed E-state index contributed by atoms with van der Waals surface area (Å²) >= 11 is 3.51. The Balaban J connectivity index is 2.43. The molecule has 4 nitrogen and oxygen atoms in total. The van der Waals surface area contributed by atoms with E-state index in [-0.39, 0.29) is 0 Å². The van der Waals surface area contributed by atoms with Crippen molar-refractivity contribution in [2.45, 2.75) is 26.6 Å². The molecule has 0 aliphatic carbocycles. The van der Waals surface area contributed by atoms with Crippen molar-refractivity contribution in [1.29, 1.82) is 0 Å². The fourth-order valence-corrected chi connectivity index (χ4v) is 2.49. The molecule has 1 heterocycles. The van der Waals surface area contributed by atoms with Crippen LogP contribution in [0.15, 0.2) is 16.6 Å². The van der Waals surface area contributed by atoms with Crippen LogP contribution >= 0.6 is 15.9 Å². The molecule has 1 aromatic rings. The van der Waals surface area contributed by atoms with E-state index >= 15 is 0 Å². The summed E-state index contributed by atoms with van der Waals surface area (Å²) in [6.45, 7) is 8.18. The lowest BCUT2D eigenvalue weighted by Gasteiger charge is -2.24. The van der Waals surface area contributed by atoms with Gasteiger partial charge in [0.2, 0.25) is 0 Å². The Morgan fingerprint density at radius 1 is 1.11 bits per heavy atom. The van der Waals surface area contributed by atoms with Crippen LogP contribution in [-0.4, -0.2) is 26.4 Å². The van der Waals surface area contributed by atoms with Crippen molar-refractivity contribution >= 4 is 15.9 Å². The molecular formula is C14H19BrO4. The Labute approximate surface area is 122 Å². The van der Waals surface area contributed by atoms with Crippen molar-refractivity contribution in [2.24, 2.45) is 0 Å². The zero-order chi connectivity index (χ0) is 13.9. The fraction of sp³-hybridized carbons (Fsp3) is 0.571. The van der Waals surface area contributed by atoms with Gasteiger partial charge in [-0.2, -0.15) is 0 Å². The van der Waals surface area contributed by atoms with E-state index in [2.05, 4.69) is 15.9 Å². The summed E-state index contributed by atoms with van der Waals surface area (Å²) in [4.78, 5) is 0. The van der Waals surface area contributed by atoms with Gasteiger partial charge >= 0.3 is 0 Å². The van der Waals surface area contributed by atoms with E-state index in [4.69, 9.17) is 18.9 Å². The normalized spacial score (nSPS) is 17.5. The predicted molar refractivity (Wildman–Crippen MR) is 75.7 cm³/mol. The summed E-state index contributed by atoms with van der Waals surface area (Å²) in [6, 6.07) is 3.86. The molecule has 1 aliphatic heterocycles. The minimum atomic E-state index is -0.724. The molecular weight excluding hydrogens is 312 g/mol. The van der Waals surface area contributed by atoms with E-state index in [0.29, 0.717) is 26.4 Å². The van der Waals surface area contributed by atoms with Crippen LogP contribution < -0.4 is 9.47 Å². The van der Waals surface area contributed by atoms with Gasteiger partial charge in [-0.1, -0.05) is 0 Å². The van der Waals surface area contributed by atoms with Crippen LogP contribution in [0, 0.1) is 0 Å². The number of benzene rings is 1. The molecule has 1 fully saturated rings. The summed E-state index contributed by atoms with van der Waals surface area (Å²) in [5.74, 6) is 0.755. The van der Waals surface area contributed by atoms with Crippen LogP contribution in [0.4, 0.5) is 0 Å². The molecule has 0 amide bonds. The molecule has 0 unspecified atom stereocenters. The topological polar surface area (TPSA) is 36.9 Å². The van der Waals surface area contributed by atoms with E-state index < -0.39 is 5.79 Å². The van der Waals surface area contributed by atoms with E-state index in [9.17, 15) is 0 Å². The highest BCUT2D eigenvalue weighted by Crippen LogP contribution is 2.41. The van der Waals surface area contributed by atoms with Gasteiger partial charge in [-0.05, 0) is 48.8 Å². The van der Waals surface area contributed by atoms with Gasteiger partial charge in [-0.25, -0.2) is 0 Å². The number of ether oxygens (including phenoxy) is 4. The highest BCUT2D eigenvalue weighted by Gasteiger charge is 2.34. The second-order valence-corrected chi connectivity index (χ2v) is 5.09. The monoisotopic (exact) mass is 330 g/mol. The molecule has 0 N–H and O–H groups in total. The highest BCUT2D eigenvalue weighted by molar-refractivity contribution is 9.10. The van der Waals surface area contributed by atoms with Crippen LogP contribution in [0.2, 0.25) is 0 Å². The third-order valence-corrected chi connectivity index (χ3v) is 3.75. The van der Waals surface area contributed by atoms with Crippen molar-refractivity contribution in [1.82, 2.24) is 0 Å². The smallest absolute Gasteiger partial charge is 0.192 e. The first kappa shape index (κ1) is 14.6. The Morgan fingerprint density at radius 3 is 2.00 bits per heavy atom. The fourth-order valence-electron chi connectivity index (χ4n) is 2.04. The van der Waals surface area contributed by atoms with Crippen LogP contribution in [-0.2, 0) is 15.3 Å². The van der Waals surface area contributed by atoms with Gasteiger partial charge in [0.15, 0.2) is 5.79 Å². The number of halogens is 1. The summed E-state index contributed by atoms with van der Waals surface area (Å²) in [5, 5.41) is 0. The summed E-state index contributed by atoms with van der Waals surface area (Å²) in [5.41, 5.74) is 0.903. The summed E-state index contributed by atoms with van der Waals surface area (Å²) in [7, 11) is 0. The van der Waals surface area contributed by atoms with E-state index in [0.717, 1.165) is 21.5 Å². The molecule has 0 radical (unpaired) electrons. The Bertz CT molecular complexity index is 414. The molecule has 0 bridgehead atoms. The minimum absolute atomic E-state index is 0.589. The van der Waals surface area contributed by atoms with Gasteiger partial charge in [0, 0.05) is 5.56 Å². The first-order chi connectivity index (χ1) is 9.10. The molecule has 0 spiro atoms. The zero-order valence-electron chi connectivity index (χ0n) is 11.5. The van der Waals surface area contributed by atoms with Crippen molar-refractivity contribution < 1.29 is 18.9 Å². The maximum absolute atomic E-state index is 5.68. The molecule has 19 heavy (non-hydrogen) atoms. The van der Waals surface area contributed by atoms with Crippen molar-refractivity contribution in [3.63, 3.8) is 0 Å². The molecule has 0 atom stereocenters. The first-order valence-corrected chi connectivity index (χ1v) is 7.27. The van der Waals surface area contributed by atoms with Gasteiger partial charge in [-0.3, -0.25) is 0 Å². The van der Waals surface area contributed by atoms with Crippen molar-refractivity contribution in [3.8, 4) is 11.5 Å². The molecule has 2 rings (SSSR count). The molecule has 1 saturated heterocycles.